The predicted molar refractivity (Wildman–Crippen MR) is 86.6 cm³/mol. The molecular formula is C15H13ClF3N5O2. The molecule has 1 aliphatic heterocycles. The van der Waals surface area contributed by atoms with E-state index in [-0.39, 0.29) is 18.7 Å². The molecule has 0 aliphatic carbocycles. The fraction of sp³-hybridized carbons (Fsp3) is 0.333. The molecule has 138 valence electrons. The van der Waals surface area contributed by atoms with Crippen LogP contribution in [-0.4, -0.2) is 26.6 Å². The molecule has 7 nitrogen and oxygen atoms in total. The van der Waals surface area contributed by atoms with Gasteiger partial charge in [-0.1, -0.05) is 11.6 Å². The van der Waals surface area contributed by atoms with Crippen molar-refractivity contribution in [2.75, 3.05) is 10.6 Å². The number of rotatable bonds is 3. The lowest BCUT2D eigenvalue weighted by Gasteiger charge is -2.21. The van der Waals surface area contributed by atoms with Crippen molar-refractivity contribution in [1.82, 2.24) is 14.8 Å². The predicted octanol–water partition coefficient (Wildman–Crippen LogP) is 2.86. The molecule has 2 heterocycles. The largest absolute Gasteiger partial charge is 0.417 e. The second kappa shape index (κ2) is 6.60. The van der Waals surface area contributed by atoms with Gasteiger partial charge in [0.15, 0.2) is 0 Å². The highest BCUT2D eigenvalue weighted by Gasteiger charge is 2.34. The number of amides is 2. The van der Waals surface area contributed by atoms with Crippen LogP contribution >= 0.6 is 11.6 Å². The van der Waals surface area contributed by atoms with E-state index in [4.69, 9.17) is 11.6 Å². The van der Waals surface area contributed by atoms with Crippen molar-refractivity contribution >= 4 is 35.1 Å². The molecule has 0 saturated heterocycles. The van der Waals surface area contributed by atoms with Crippen molar-refractivity contribution in [1.29, 1.82) is 0 Å². The van der Waals surface area contributed by atoms with E-state index >= 15 is 0 Å². The van der Waals surface area contributed by atoms with Crippen LogP contribution < -0.4 is 10.6 Å². The number of nitrogens with zero attached hydrogens (tertiary/aromatic N) is 3. The van der Waals surface area contributed by atoms with E-state index in [1.54, 1.807) is 6.92 Å². The quantitative estimate of drug-likeness (QED) is 0.847. The van der Waals surface area contributed by atoms with Crippen molar-refractivity contribution in [3.8, 4) is 0 Å². The summed E-state index contributed by atoms with van der Waals surface area (Å²) >= 11 is 5.54. The lowest BCUT2D eigenvalue weighted by Crippen LogP contribution is -2.36. The summed E-state index contributed by atoms with van der Waals surface area (Å²) in [6.07, 6.45) is -4.85. The zero-order valence-corrected chi connectivity index (χ0v) is 14.1. The number of aryl methyl sites for hydroxylation is 1. The third-order valence-electron chi connectivity index (χ3n) is 3.76. The topological polar surface area (TPSA) is 88.9 Å². The molecule has 0 radical (unpaired) electrons. The van der Waals surface area contributed by atoms with Crippen LogP contribution in [0.15, 0.2) is 18.2 Å². The molecule has 0 unspecified atom stereocenters. The number of anilines is 2. The molecule has 2 N–H and O–H groups in total. The monoisotopic (exact) mass is 387 g/mol. The van der Waals surface area contributed by atoms with Crippen molar-refractivity contribution in [2.24, 2.45) is 5.92 Å². The van der Waals surface area contributed by atoms with Crippen LogP contribution in [0.3, 0.4) is 0 Å². The zero-order valence-electron chi connectivity index (χ0n) is 13.4. The van der Waals surface area contributed by atoms with Crippen molar-refractivity contribution < 1.29 is 22.8 Å². The Morgan fingerprint density at radius 1 is 1.46 bits per heavy atom. The molecule has 0 bridgehead atoms. The summed E-state index contributed by atoms with van der Waals surface area (Å²) in [7, 11) is 0. The summed E-state index contributed by atoms with van der Waals surface area (Å²) < 4.78 is 40.1. The smallest absolute Gasteiger partial charge is 0.326 e. The highest BCUT2D eigenvalue weighted by Crippen LogP contribution is 2.36. The number of carbonyl (C=O) groups is 2. The minimum Gasteiger partial charge on any atom is -0.326 e. The van der Waals surface area contributed by atoms with E-state index in [1.807, 2.05) is 0 Å². The Kier molecular flexibility index (Phi) is 4.61. The number of nitrogens with one attached hydrogen (secondary N) is 2. The molecule has 11 heteroatoms. The minimum absolute atomic E-state index is 0.0553. The van der Waals surface area contributed by atoms with Gasteiger partial charge in [-0.15, -0.1) is 0 Å². The normalized spacial score (nSPS) is 16.8. The molecule has 3 rings (SSSR count). The second-order valence-corrected chi connectivity index (χ2v) is 6.20. The molecule has 1 aromatic heterocycles. The first-order valence-electron chi connectivity index (χ1n) is 7.52. The van der Waals surface area contributed by atoms with Gasteiger partial charge in [-0.05, 0) is 25.1 Å². The van der Waals surface area contributed by atoms with Crippen molar-refractivity contribution in [2.45, 2.75) is 26.1 Å². The lowest BCUT2D eigenvalue weighted by molar-refractivity contribution is -0.137. The van der Waals surface area contributed by atoms with E-state index in [9.17, 15) is 22.8 Å². The number of benzene rings is 1. The first kappa shape index (κ1) is 18.2. The van der Waals surface area contributed by atoms with Gasteiger partial charge in [-0.3, -0.25) is 14.9 Å². The molecule has 26 heavy (non-hydrogen) atoms. The number of hydrogen-bond donors (Lipinski definition) is 2. The zero-order chi connectivity index (χ0) is 19.1. The number of hydrogen-bond acceptors (Lipinski definition) is 4. The summed E-state index contributed by atoms with van der Waals surface area (Å²) in [5.41, 5.74) is -1.10. The molecular weight excluding hydrogens is 375 g/mol. The Morgan fingerprint density at radius 3 is 2.88 bits per heavy atom. The third kappa shape index (κ3) is 3.79. The fourth-order valence-electron chi connectivity index (χ4n) is 2.59. The highest BCUT2D eigenvalue weighted by molar-refractivity contribution is 6.31. The van der Waals surface area contributed by atoms with Gasteiger partial charge in [0.25, 0.3) is 0 Å². The fourth-order valence-corrected chi connectivity index (χ4v) is 2.82. The van der Waals surface area contributed by atoms with Gasteiger partial charge in [0, 0.05) is 12.1 Å². The Balaban J connectivity index is 1.69. The van der Waals surface area contributed by atoms with Gasteiger partial charge in [0.05, 0.1) is 23.0 Å². The highest BCUT2D eigenvalue weighted by atomic mass is 35.5. The Bertz CT molecular complexity index is 881. The summed E-state index contributed by atoms with van der Waals surface area (Å²) in [4.78, 5) is 28.2. The molecule has 1 aromatic carbocycles. The van der Waals surface area contributed by atoms with Crippen LogP contribution in [0.25, 0.3) is 0 Å². The average Bonchev–Trinajstić information content (AvgIpc) is 2.87. The van der Waals surface area contributed by atoms with Crippen LogP contribution in [0, 0.1) is 12.8 Å². The van der Waals surface area contributed by atoms with Gasteiger partial charge in [-0.2, -0.15) is 23.3 Å². The van der Waals surface area contributed by atoms with E-state index in [1.165, 1.54) is 10.7 Å². The Labute approximate surface area is 150 Å². The van der Waals surface area contributed by atoms with Crippen LogP contribution in [0.2, 0.25) is 5.02 Å². The molecule has 0 fully saturated rings. The van der Waals surface area contributed by atoms with E-state index < -0.39 is 34.5 Å². The maximum atomic E-state index is 12.9. The van der Waals surface area contributed by atoms with Crippen molar-refractivity contribution in [3.63, 3.8) is 0 Å². The lowest BCUT2D eigenvalue weighted by atomic mass is 10.0. The molecule has 2 amide bonds. The standard InChI is InChI=1S/C15H13ClF3N5O2/c1-7-20-14-22-13(26)8(6-24(14)23-7)4-12(25)21-9-2-3-11(16)10(5-9)15(17,18)19/h2-3,5,8H,4,6H2,1H3,(H,21,25)(H,20,22,23,26)/t8-/m0/s1. The van der Waals surface area contributed by atoms with Crippen LogP contribution in [0.5, 0.6) is 0 Å². The van der Waals surface area contributed by atoms with Gasteiger partial charge in [0.2, 0.25) is 17.8 Å². The van der Waals surface area contributed by atoms with E-state index in [0.717, 1.165) is 12.1 Å². The molecule has 2 aromatic rings. The van der Waals surface area contributed by atoms with Gasteiger partial charge >= 0.3 is 6.18 Å². The summed E-state index contributed by atoms with van der Waals surface area (Å²) in [6, 6.07) is 3.06. The SMILES string of the molecule is Cc1nc2n(n1)C[C@H](CC(=O)Nc1ccc(Cl)c(C(F)(F)F)c1)C(=O)N2. The maximum absolute atomic E-state index is 12.9. The first-order chi connectivity index (χ1) is 12.1. The molecule has 0 saturated carbocycles. The van der Waals surface area contributed by atoms with E-state index in [0.29, 0.717) is 11.8 Å². The van der Waals surface area contributed by atoms with Crippen molar-refractivity contribution in [3.05, 3.63) is 34.6 Å². The van der Waals surface area contributed by atoms with Crippen LogP contribution in [0.1, 0.15) is 17.8 Å². The molecule has 1 atom stereocenters. The summed E-state index contributed by atoms with van der Waals surface area (Å²) in [5, 5.41) is 8.53. The Hall–Kier alpha value is -2.62. The van der Waals surface area contributed by atoms with Crippen LogP contribution in [0.4, 0.5) is 24.8 Å². The third-order valence-corrected chi connectivity index (χ3v) is 4.09. The number of halogens is 4. The Morgan fingerprint density at radius 2 is 2.19 bits per heavy atom. The average molecular weight is 388 g/mol. The summed E-state index contributed by atoms with van der Waals surface area (Å²) in [5.74, 6) is -0.922. The number of aromatic nitrogens is 3. The maximum Gasteiger partial charge on any atom is 0.417 e. The van der Waals surface area contributed by atoms with Crippen LogP contribution in [-0.2, 0) is 22.3 Å². The molecule has 0 spiro atoms. The second-order valence-electron chi connectivity index (χ2n) is 5.80. The number of carbonyl (C=O) groups excluding carboxylic acids is 2. The van der Waals surface area contributed by atoms with E-state index in [2.05, 4.69) is 20.7 Å². The first-order valence-corrected chi connectivity index (χ1v) is 7.90. The van der Waals surface area contributed by atoms with Gasteiger partial charge < -0.3 is 5.32 Å². The number of fused-ring (bicyclic) bond motifs is 1. The number of alkyl halides is 3. The summed E-state index contributed by atoms with van der Waals surface area (Å²) in [6.45, 7) is 1.82. The minimum atomic E-state index is -4.64. The molecule has 1 aliphatic rings. The van der Waals surface area contributed by atoms with Gasteiger partial charge in [0.1, 0.15) is 5.82 Å². The van der Waals surface area contributed by atoms with Gasteiger partial charge in [-0.25, -0.2) is 4.68 Å².